The zero-order chi connectivity index (χ0) is 10.1. The van der Waals surface area contributed by atoms with Crippen LogP contribution in [0.4, 0.5) is 0 Å². The highest BCUT2D eigenvalue weighted by Crippen LogP contribution is 2.18. The molecule has 0 unspecified atom stereocenters. The molecule has 2 aromatic rings. The smallest absolute Gasteiger partial charge is 0.0926 e. The predicted octanol–water partition coefficient (Wildman–Crippen LogP) is 1.38. The molecule has 74 valence electrons. The van der Waals surface area contributed by atoms with Crippen LogP contribution in [0.15, 0.2) is 18.2 Å². The number of aryl methyl sites for hydroxylation is 2. The zero-order valence-electron chi connectivity index (χ0n) is 8.62. The van der Waals surface area contributed by atoms with Crippen LogP contribution in [0, 0.1) is 6.92 Å². The van der Waals surface area contributed by atoms with Gasteiger partial charge in [0.1, 0.15) is 0 Å². The Hall–Kier alpha value is -1.35. The first kappa shape index (κ1) is 9.21. The molecule has 1 heterocycles. The number of benzene rings is 1. The van der Waals surface area contributed by atoms with E-state index in [9.17, 15) is 0 Å². The molecule has 14 heavy (non-hydrogen) atoms. The second-order valence-electron chi connectivity index (χ2n) is 3.60. The van der Waals surface area contributed by atoms with Crippen LogP contribution in [-0.2, 0) is 13.5 Å². The number of aromatic nitrogens is 2. The Morgan fingerprint density at radius 2 is 2.21 bits per heavy atom. The Morgan fingerprint density at radius 1 is 1.43 bits per heavy atom. The molecule has 1 aromatic heterocycles. The van der Waals surface area contributed by atoms with E-state index in [0.717, 1.165) is 11.9 Å². The molecule has 0 fully saturated rings. The summed E-state index contributed by atoms with van der Waals surface area (Å²) in [7, 11) is 1.97. The summed E-state index contributed by atoms with van der Waals surface area (Å²) in [5.41, 5.74) is 9.08. The first-order valence-electron chi connectivity index (χ1n) is 4.84. The number of fused-ring (bicyclic) bond motifs is 1. The first-order chi connectivity index (χ1) is 6.72. The molecule has 1 aromatic carbocycles. The fourth-order valence-electron chi connectivity index (χ4n) is 1.69. The van der Waals surface area contributed by atoms with E-state index in [1.54, 1.807) is 0 Å². The van der Waals surface area contributed by atoms with Gasteiger partial charge < -0.3 is 5.73 Å². The van der Waals surface area contributed by atoms with Gasteiger partial charge in [-0.15, -0.1) is 0 Å². The van der Waals surface area contributed by atoms with Gasteiger partial charge >= 0.3 is 0 Å². The van der Waals surface area contributed by atoms with Crippen LogP contribution in [0.1, 0.15) is 11.3 Å². The lowest BCUT2D eigenvalue weighted by atomic mass is 10.1. The minimum absolute atomic E-state index is 0.699. The molecule has 0 amide bonds. The fraction of sp³-hybridized carbons (Fsp3) is 0.364. The van der Waals surface area contributed by atoms with Crippen molar-refractivity contribution in [2.24, 2.45) is 12.8 Å². The van der Waals surface area contributed by atoms with Crippen LogP contribution >= 0.6 is 0 Å². The zero-order valence-corrected chi connectivity index (χ0v) is 8.62. The van der Waals surface area contributed by atoms with E-state index in [4.69, 9.17) is 5.73 Å². The molecule has 0 atom stereocenters. The van der Waals surface area contributed by atoms with Crippen molar-refractivity contribution in [3.63, 3.8) is 0 Å². The molecule has 0 saturated carbocycles. The van der Waals surface area contributed by atoms with Gasteiger partial charge in [-0.25, -0.2) is 0 Å². The molecule has 0 spiro atoms. The number of nitrogens with two attached hydrogens (primary N) is 1. The standard InChI is InChI=1S/C11H15N3/c1-8-10-7-9(5-6-12)3-4-11(10)13-14(8)2/h3-4,7H,5-6,12H2,1-2H3. The summed E-state index contributed by atoms with van der Waals surface area (Å²) in [5.74, 6) is 0. The van der Waals surface area contributed by atoms with Crippen LogP contribution in [0.25, 0.3) is 10.9 Å². The Balaban J connectivity index is 2.58. The van der Waals surface area contributed by atoms with Crippen LogP contribution in [0.2, 0.25) is 0 Å². The summed E-state index contributed by atoms with van der Waals surface area (Å²) in [5, 5.41) is 5.63. The molecule has 0 aliphatic carbocycles. The van der Waals surface area contributed by atoms with E-state index in [1.165, 1.54) is 16.6 Å². The number of rotatable bonds is 2. The summed E-state index contributed by atoms with van der Waals surface area (Å²) in [4.78, 5) is 0. The highest BCUT2D eigenvalue weighted by Gasteiger charge is 2.04. The van der Waals surface area contributed by atoms with E-state index in [0.29, 0.717) is 6.54 Å². The monoisotopic (exact) mass is 189 g/mol. The maximum absolute atomic E-state index is 5.53. The van der Waals surface area contributed by atoms with Crippen LogP contribution < -0.4 is 5.73 Å². The normalized spacial score (nSPS) is 11.1. The second-order valence-corrected chi connectivity index (χ2v) is 3.60. The van der Waals surface area contributed by atoms with Crippen LogP contribution in [0.3, 0.4) is 0 Å². The van der Waals surface area contributed by atoms with E-state index < -0.39 is 0 Å². The van der Waals surface area contributed by atoms with Gasteiger partial charge in [0.2, 0.25) is 0 Å². The molecule has 0 saturated heterocycles. The van der Waals surface area contributed by atoms with Crippen molar-refractivity contribution in [2.75, 3.05) is 6.54 Å². The second kappa shape index (κ2) is 3.42. The van der Waals surface area contributed by atoms with Crippen molar-refractivity contribution >= 4 is 10.9 Å². The molecular weight excluding hydrogens is 174 g/mol. The highest BCUT2D eigenvalue weighted by atomic mass is 15.3. The Bertz CT molecular complexity index is 457. The van der Waals surface area contributed by atoms with Crippen molar-refractivity contribution < 1.29 is 0 Å². The van der Waals surface area contributed by atoms with Crippen LogP contribution in [0.5, 0.6) is 0 Å². The number of hydrogen-bond donors (Lipinski definition) is 1. The molecule has 0 aliphatic heterocycles. The lowest BCUT2D eigenvalue weighted by molar-refractivity contribution is 0.751. The summed E-state index contributed by atoms with van der Waals surface area (Å²) in [6.45, 7) is 2.78. The number of hydrogen-bond acceptors (Lipinski definition) is 2. The minimum Gasteiger partial charge on any atom is -0.330 e. The average molecular weight is 189 g/mol. The van der Waals surface area contributed by atoms with Gasteiger partial charge in [-0.1, -0.05) is 6.07 Å². The van der Waals surface area contributed by atoms with Gasteiger partial charge in [0, 0.05) is 18.1 Å². The molecule has 3 nitrogen and oxygen atoms in total. The summed E-state index contributed by atoms with van der Waals surface area (Å²) in [6.07, 6.45) is 0.935. The molecule has 2 N–H and O–H groups in total. The van der Waals surface area contributed by atoms with Crippen LogP contribution in [-0.4, -0.2) is 16.3 Å². The first-order valence-corrected chi connectivity index (χ1v) is 4.84. The van der Waals surface area contributed by atoms with Crippen molar-refractivity contribution in [3.05, 3.63) is 29.5 Å². The van der Waals surface area contributed by atoms with Crippen molar-refractivity contribution in [2.45, 2.75) is 13.3 Å². The predicted molar refractivity (Wildman–Crippen MR) is 58.2 cm³/mol. The minimum atomic E-state index is 0.699. The molecular formula is C11H15N3. The van der Waals surface area contributed by atoms with Gasteiger partial charge in [-0.05, 0) is 37.6 Å². The lowest BCUT2D eigenvalue weighted by Crippen LogP contribution is -2.02. The lowest BCUT2D eigenvalue weighted by Gasteiger charge is -1.98. The van der Waals surface area contributed by atoms with Crippen molar-refractivity contribution in [1.82, 2.24) is 9.78 Å². The third-order valence-corrected chi connectivity index (χ3v) is 2.63. The van der Waals surface area contributed by atoms with Gasteiger partial charge in [0.05, 0.1) is 5.52 Å². The van der Waals surface area contributed by atoms with E-state index in [-0.39, 0.29) is 0 Å². The Kier molecular flexibility index (Phi) is 2.25. The molecule has 0 aliphatic rings. The average Bonchev–Trinajstić information content (AvgIpc) is 2.45. The van der Waals surface area contributed by atoms with Gasteiger partial charge in [0.25, 0.3) is 0 Å². The molecule has 2 rings (SSSR count). The quantitative estimate of drug-likeness (QED) is 0.775. The SMILES string of the molecule is Cc1c2cc(CCN)ccc2nn1C. The fourth-order valence-corrected chi connectivity index (χ4v) is 1.69. The van der Waals surface area contributed by atoms with Gasteiger partial charge in [-0.3, -0.25) is 4.68 Å². The van der Waals surface area contributed by atoms with Gasteiger partial charge in [-0.2, -0.15) is 5.10 Å². The maximum Gasteiger partial charge on any atom is 0.0926 e. The molecule has 0 bridgehead atoms. The summed E-state index contributed by atoms with van der Waals surface area (Å²) in [6, 6.07) is 6.35. The largest absolute Gasteiger partial charge is 0.330 e. The third-order valence-electron chi connectivity index (χ3n) is 2.63. The summed E-state index contributed by atoms with van der Waals surface area (Å²) < 4.78 is 1.91. The molecule has 0 radical (unpaired) electrons. The highest BCUT2D eigenvalue weighted by molar-refractivity contribution is 5.82. The van der Waals surface area contributed by atoms with Crippen molar-refractivity contribution in [3.8, 4) is 0 Å². The summed E-state index contributed by atoms with van der Waals surface area (Å²) >= 11 is 0. The van der Waals surface area contributed by atoms with Gasteiger partial charge in [0.15, 0.2) is 0 Å². The molecule has 3 heteroatoms. The van der Waals surface area contributed by atoms with E-state index >= 15 is 0 Å². The Morgan fingerprint density at radius 3 is 2.93 bits per heavy atom. The topological polar surface area (TPSA) is 43.8 Å². The third kappa shape index (κ3) is 1.40. The Labute approximate surface area is 83.5 Å². The maximum atomic E-state index is 5.53. The van der Waals surface area contributed by atoms with Crippen molar-refractivity contribution in [1.29, 1.82) is 0 Å². The number of nitrogens with zero attached hydrogens (tertiary/aromatic N) is 2. The van der Waals surface area contributed by atoms with E-state index in [2.05, 4.69) is 30.2 Å². The van der Waals surface area contributed by atoms with E-state index in [1.807, 2.05) is 11.7 Å².